The third-order valence-electron chi connectivity index (χ3n) is 2.86. The lowest BCUT2D eigenvalue weighted by Gasteiger charge is -2.12. The molecule has 1 N–H and O–H groups in total. The van der Waals surface area contributed by atoms with E-state index in [1.54, 1.807) is 6.07 Å². The van der Waals surface area contributed by atoms with Gasteiger partial charge >= 0.3 is 0 Å². The maximum atomic E-state index is 9.83. The Bertz CT molecular complexity index is 569. The van der Waals surface area contributed by atoms with Gasteiger partial charge in [-0.2, -0.15) is 5.26 Å². The van der Waals surface area contributed by atoms with E-state index in [9.17, 15) is 5.11 Å². The molecule has 0 spiro atoms. The summed E-state index contributed by atoms with van der Waals surface area (Å²) < 4.78 is 7.13. The van der Waals surface area contributed by atoms with Gasteiger partial charge < -0.3 is 14.4 Å². The molecule has 1 aromatic carbocycles. The van der Waals surface area contributed by atoms with Crippen molar-refractivity contribution in [3.05, 3.63) is 36.0 Å². The molecule has 0 fully saturated rings. The maximum Gasteiger partial charge on any atom is 0.0998 e. The van der Waals surface area contributed by atoms with Gasteiger partial charge in [0.2, 0.25) is 0 Å². The van der Waals surface area contributed by atoms with Crippen LogP contribution in [-0.4, -0.2) is 29.0 Å². The summed E-state index contributed by atoms with van der Waals surface area (Å²) in [6, 6.07) is 9.67. The highest BCUT2D eigenvalue weighted by Crippen LogP contribution is 2.19. The second-order valence-corrected chi connectivity index (χ2v) is 4.13. The number of hydrogen-bond acceptors (Lipinski definition) is 3. The van der Waals surface area contributed by atoms with Gasteiger partial charge in [-0.1, -0.05) is 6.07 Å². The predicted molar refractivity (Wildman–Crippen MR) is 69.2 cm³/mol. The number of nitrogens with zero attached hydrogens (tertiary/aromatic N) is 2. The smallest absolute Gasteiger partial charge is 0.0998 e. The van der Waals surface area contributed by atoms with E-state index in [1.165, 1.54) is 0 Å². The molecule has 94 valence electrons. The lowest BCUT2D eigenvalue weighted by molar-refractivity contribution is 0.0341. The summed E-state index contributed by atoms with van der Waals surface area (Å²) in [6.45, 7) is 3.30. The van der Waals surface area contributed by atoms with Crippen molar-refractivity contribution < 1.29 is 9.84 Å². The van der Waals surface area contributed by atoms with Gasteiger partial charge in [0.1, 0.15) is 0 Å². The van der Waals surface area contributed by atoms with Gasteiger partial charge in [0.25, 0.3) is 0 Å². The summed E-state index contributed by atoms with van der Waals surface area (Å²) in [4.78, 5) is 0. The third-order valence-corrected chi connectivity index (χ3v) is 2.86. The molecule has 2 rings (SSSR count). The number of aliphatic hydroxyl groups excluding tert-OH is 1. The maximum absolute atomic E-state index is 9.83. The largest absolute Gasteiger partial charge is 0.389 e. The van der Waals surface area contributed by atoms with E-state index >= 15 is 0 Å². The van der Waals surface area contributed by atoms with Crippen LogP contribution >= 0.6 is 0 Å². The normalized spacial score (nSPS) is 12.5. The summed E-state index contributed by atoms with van der Waals surface area (Å²) in [5, 5.41) is 19.8. The number of fused-ring (bicyclic) bond motifs is 1. The van der Waals surface area contributed by atoms with Crippen molar-refractivity contribution in [3.8, 4) is 6.07 Å². The second-order valence-electron chi connectivity index (χ2n) is 4.13. The van der Waals surface area contributed by atoms with Crippen LogP contribution in [0.25, 0.3) is 10.9 Å². The Labute approximate surface area is 106 Å². The molecule has 0 amide bonds. The number of nitriles is 1. The minimum absolute atomic E-state index is 0.327. The van der Waals surface area contributed by atoms with Crippen molar-refractivity contribution in [3.63, 3.8) is 0 Å². The van der Waals surface area contributed by atoms with Gasteiger partial charge in [0.15, 0.2) is 0 Å². The average Bonchev–Trinajstić information content (AvgIpc) is 2.79. The zero-order chi connectivity index (χ0) is 13.0. The molecule has 0 bridgehead atoms. The number of aromatic nitrogens is 1. The fourth-order valence-electron chi connectivity index (χ4n) is 2.01. The molecule has 0 radical (unpaired) electrons. The molecule has 4 heteroatoms. The Morgan fingerprint density at radius 1 is 1.44 bits per heavy atom. The van der Waals surface area contributed by atoms with E-state index in [2.05, 4.69) is 6.07 Å². The van der Waals surface area contributed by atoms with Gasteiger partial charge in [-0.05, 0) is 25.1 Å². The van der Waals surface area contributed by atoms with Crippen LogP contribution < -0.4 is 0 Å². The Balaban J connectivity index is 2.22. The van der Waals surface area contributed by atoms with Crippen LogP contribution in [-0.2, 0) is 11.3 Å². The molecule has 2 aromatic rings. The molecule has 1 heterocycles. The summed E-state index contributed by atoms with van der Waals surface area (Å²) in [6.07, 6.45) is 1.35. The third kappa shape index (κ3) is 2.53. The van der Waals surface area contributed by atoms with Gasteiger partial charge in [-0.3, -0.25) is 0 Å². The van der Waals surface area contributed by atoms with Crippen LogP contribution in [0.1, 0.15) is 12.5 Å². The standard InChI is InChI=1S/C14H16N2O2/c1-2-18-10-12(17)9-16-7-6-13-11(8-15)4-3-5-14(13)16/h3-7,12,17H,2,9-10H2,1H3. The van der Waals surface area contributed by atoms with Crippen molar-refractivity contribution >= 4 is 10.9 Å². The van der Waals surface area contributed by atoms with Gasteiger partial charge in [0, 0.05) is 23.7 Å². The molecule has 1 atom stereocenters. The summed E-state index contributed by atoms with van der Waals surface area (Å²) >= 11 is 0. The highest BCUT2D eigenvalue weighted by molar-refractivity contribution is 5.85. The predicted octanol–water partition coefficient (Wildman–Crippen LogP) is 1.91. The first-order chi connectivity index (χ1) is 8.76. The summed E-state index contributed by atoms with van der Waals surface area (Å²) in [7, 11) is 0. The molecule has 0 aliphatic heterocycles. The van der Waals surface area contributed by atoms with Crippen LogP contribution in [0.15, 0.2) is 30.5 Å². The Morgan fingerprint density at radius 3 is 3.00 bits per heavy atom. The van der Waals surface area contributed by atoms with Crippen molar-refractivity contribution in [2.75, 3.05) is 13.2 Å². The molecule has 1 aromatic heterocycles. The van der Waals surface area contributed by atoms with E-state index in [0.717, 1.165) is 10.9 Å². The number of hydrogen-bond donors (Lipinski definition) is 1. The Morgan fingerprint density at radius 2 is 2.28 bits per heavy atom. The highest BCUT2D eigenvalue weighted by Gasteiger charge is 2.09. The zero-order valence-electron chi connectivity index (χ0n) is 10.3. The Kier molecular flexibility index (Phi) is 3.98. The van der Waals surface area contributed by atoms with Crippen molar-refractivity contribution in [2.24, 2.45) is 0 Å². The highest BCUT2D eigenvalue weighted by atomic mass is 16.5. The lowest BCUT2D eigenvalue weighted by atomic mass is 10.1. The molecule has 1 unspecified atom stereocenters. The number of benzene rings is 1. The van der Waals surface area contributed by atoms with Crippen LogP contribution in [0.2, 0.25) is 0 Å². The number of aliphatic hydroxyl groups is 1. The average molecular weight is 244 g/mol. The number of rotatable bonds is 5. The molecule has 0 aliphatic rings. The second kappa shape index (κ2) is 5.67. The van der Waals surface area contributed by atoms with Crippen LogP contribution in [0.3, 0.4) is 0 Å². The SMILES string of the molecule is CCOCC(O)Cn1ccc2c(C#N)cccc21. The fourth-order valence-corrected chi connectivity index (χ4v) is 2.01. The molecule has 4 nitrogen and oxygen atoms in total. The quantitative estimate of drug-likeness (QED) is 0.874. The molecular formula is C14H16N2O2. The van der Waals surface area contributed by atoms with E-state index in [-0.39, 0.29) is 0 Å². The van der Waals surface area contributed by atoms with Crippen molar-refractivity contribution in [1.29, 1.82) is 5.26 Å². The minimum atomic E-state index is -0.536. The van der Waals surface area contributed by atoms with Gasteiger partial charge in [0.05, 0.1) is 30.9 Å². The molecule has 0 saturated heterocycles. The first-order valence-electron chi connectivity index (χ1n) is 6.00. The molecule has 0 saturated carbocycles. The zero-order valence-corrected chi connectivity index (χ0v) is 10.3. The van der Waals surface area contributed by atoms with Crippen molar-refractivity contribution in [2.45, 2.75) is 19.6 Å². The molecule has 18 heavy (non-hydrogen) atoms. The first-order valence-corrected chi connectivity index (χ1v) is 6.00. The summed E-state index contributed by atoms with van der Waals surface area (Å²) in [5.41, 5.74) is 1.62. The van der Waals surface area contributed by atoms with E-state index in [0.29, 0.717) is 25.3 Å². The van der Waals surface area contributed by atoms with E-state index in [1.807, 2.05) is 35.9 Å². The minimum Gasteiger partial charge on any atom is -0.389 e. The molecule has 0 aliphatic carbocycles. The van der Waals surface area contributed by atoms with Gasteiger partial charge in [-0.25, -0.2) is 0 Å². The molecular weight excluding hydrogens is 228 g/mol. The first kappa shape index (κ1) is 12.6. The van der Waals surface area contributed by atoms with Gasteiger partial charge in [-0.15, -0.1) is 0 Å². The lowest BCUT2D eigenvalue weighted by Crippen LogP contribution is -2.21. The van der Waals surface area contributed by atoms with E-state index < -0.39 is 6.10 Å². The van der Waals surface area contributed by atoms with Crippen LogP contribution in [0.4, 0.5) is 0 Å². The fraction of sp³-hybridized carbons (Fsp3) is 0.357. The summed E-state index contributed by atoms with van der Waals surface area (Å²) in [5.74, 6) is 0. The van der Waals surface area contributed by atoms with Crippen LogP contribution in [0, 0.1) is 11.3 Å². The Hall–Kier alpha value is -1.83. The van der Waals surface area contributed by atoms with Crippen LogP contribution in [0.5, 0.6) is 0 Å². The number of ether oxygens (including phenoxy) is 1. The topological polar surface area (TPSA) is 58.2 Å². The van der Waals surface area contributed by atoms with Crippen molar-refractivity contribution in [1.82, 2.24) is 4.57 Å². The van der Waals surface area contributed by atoms with E-state index in [4.69, 9.17) is 10.00 Å². The monoisotopic (exact) mass is 244 g/mol.